The van der Waals surface area contributed by atoms with Gasteiger partial charge in [-0.2, -0.15) is 5.10 Å². The number of H-pyrrole nitrogens is 1. The van der Waals surface area contributed by atoms with Crippen molar-refractivity contribution in [1.29, 1.82) is 0 Å². The van der Waals surface area contributed by atoms with E-state index in [9.17, 15) is 4.79 Å². The van der Waals surface area contributed by atoms with Crippen LogP contribution in [0, 0.1) is 0 Å². The molecule has 2 N–H and O–H groups in total. The van der Waals surface area contributed by atoms with Crippen LogP contribution in [-0.4, -0.2) is 26.3 Å². The molecule has 2 aromatic rings. The number of anilines is 1. The summed E-state index contributed by atoms with van der Waals surface area (Å²) in [7, 11) is 0. The molecule has 0 radical (unpaired) electrons. The minimum atomic E-state index is -0.233. The van der Waals surface area contributed by atoms with Crippen LogP contribution in [0.15, 0.2) is 41.8 Å². The van der Waals surface area contributed by atoms with Crippen LogP contribution in [0.25, 0.3) is 0 Å². The lowest BCUT2D eigenvalue weighted by Gasteiger charge is -2.09. The number of para-hydroxylation sites is 1. The Balaban J connectivity index is 1.92. The summed E-state index contributed by atoms with van der Waals surface area (Å²) in [4.78, 5) is 15.8. The fourth-order valence-electron chi connectivity index (χ4n) is 1.24. The summed E-state index contributed by atoms with van der Waals surface area (Å²) < 4.78 is 0. The molecule has 1 amide bonds. The molecule has 0 aliphatic rings. The van der Waals surface area contributed by atoms with E-state index in [1.807, 2.05) is 37.3 Å². The number of nitrogens with one attached hydrogen (secondary N) is 2. The van der Waals surface area contributed by atoms with Gasteiger partial charge in [0.25, 0.3) is 0 Å². The molecule has 1 heterocycles. The van der Waals surface area contributed by atoms with Crippen LogP contribution < -0.4 is 5.32 Å². The van der Waals surface area contributed by atoms with Gasteiger partial charge in [0.2, 0.25) is 5.91 Å². The summed E-state index contributed by atoms with van der Waals surface area (Å²) in [5, 5.41) is 9.68. The molecule has 0 spiro atoms. The van der Waals surface area contributed by atoms with E-state index in [0.29, 0.717) is 5.16 Å². The number of rotatable bonds is 4. The molecular formula is C11H12N4OS. The average molecular weight is 248 g/mol. The number of aromatic nitrogens is 3. The summed E-state index contributed by atoms with van der Waals surface area (Å²) in [6, 6.07) is 9.36. The summed E-state index contributed by atoms with van der Waals surface area (Å²) in [5.41, 5.74) is 0.794. The van der Waals surface area contributed by atoms with Crippen molar-refractivity contribution >= 4 is 23.4 Å². The standard InChI is InChI=1S/C11H12N4OS/c1-8(17-11-12-7-13-15-11)10(16)14-9-5-3-2-4-6-9/h2-8H,1H3,(H,14,16)(H,12,13,15)/t8-/m0/s1. The first-order valence-electron chi connectivity index (χ1n) is 5.13. The SMILES string of the molecule is C[C@H](Sc1ncn[nH]1)C(=O)Nc1ccccc1. The van der Waals surface area contributed by atoms with Gasteiger partial charge in [-0.1, -0.05) is 30.0 Å². The van der Waals surface area contributed by atoms with E-state index in [2.05, 4.69) is 20.5 Å². The van der Waals surface area contributed by atoms with E-state index >= 15 is 0 Å². The second-order valence-electron chi connectivity index (χ2n) is 3.41. The van der Waals surface area contributed by atoms with Gasteiger partial charge in [-0.3, -0.25) is 9.89 Å². The van der Waals surface area contributed by atoms with E-state index in [0.717, 1.165) is 5.69 Å². The predicted octanol–water partition coefficient (Wildman–Crippen LogP) is 1.92. The Morgan fingerprint density at radius 3 is 2.82 bits per heavy atom. The lowest BCUT2D eigenvalue weighted by Crippen LogP contribution is -2.22. The van der Waals surface area contributed by atoms with Crippen molar-refractivity contribution in [1.82, 2.24) is 15.2 Å². The first-order chi connectivity index (χ1) is 8.25. The molecule has 0 bridgehead atoms. The van der Waals surface area contributed by atoms with Crippen molar-refractivity contribution in [2.24, 2.45) is 0 Å². The molecule has 0 aliphatic heterocycles. The van der Waals surface area contributed by atoms with E-state index in [1.165, 1.54) is 18.1 Å². The van der Waals surface area contributed by atoms with E-state index < -0.39 is 0 Å². The minimum Gasteiger partial charge on any atom is -0.325 e. The van der Waals surface area contributed by atoms with Crippen molar-refractivity contribution < 1.29 is 4.79 Å². The maximum Gasteiger partial charge on any atom is 0.237 e. The van der Waals surface area contributed by atoms with Gasteiger partial charge in [-0.15, -0.1) is 0 Å². The molecule has 1 atom stereocenters. The number of hydrogen-bond acceptors (Lipinski definition) is 4. The number of nitrogens with zero attached hydrogens (tertiary/aromatic N) is 2. The zero-order chi connectivity index (χ0) is 12.1. The summed E-state index contributed by atoms with van der Waals surface area (Å²) in [6.07, 6.45) is 1.42. The van der Waals surface area contributed by atoms with Crippen LogP contribution >= 0.6 is 11.8 Å². The fourth-order valence-corrected chi connectivity index (χ4v) is 1.95. The summed E-state index contributed by atoms with van der Waals surface area (Å²) in [6.45, 7) is 1.82. The van der Waals surface area contributed by atoms with Gasteiger partial charge >= 0.3 is 0 Å². The Hall–Kier alpha value is -1.82. The number of thioether (sulfide) groups is 1. The van der Waals surface area contributed by atoms with Crippen molar-refractivity contribution in [3.63, 3.8) is 0 Å². The van der Waals surface area contributed by atoms with Gasteiger partial charge in [0.1, 0.15) is 6.33 Å². The maximum atomic E-state index is 11.8. The van der Waals surface area contributed by atoms with Crippen molar-refractivity contribution in [3.05, 3.63) is 36.7 Å². The Kier molecular flexibility index (Phi) is 3.77. The van der Waals surface area contributed by atoms with Gasteiger partial charge in [-0.25, -0.2) is 4.98 Å². The number of carbonyl (C=O) groups excluding carboxylic acids is 1. The highest BCUT2D eigenvalue weighted by Gasteiger charge is 2.15. The van der Waals surface area contributed by atoms with Crippen LogP contribution in [0.1, 0.15) is 6.92 Å². The molecule has 0 saturated heterocycles. The number of carbonyl (C=O) groups is 1. The van der Waals surface area contributed by atoms with Crippen molar-refractivity contribution in [3.8, 4) is 0 Å². The molecule has 1 aromatic heterocycles. The smallest absolute Gasteiger partial charge is 0.237 e. The van der Waals surface area contributed by atoms with Crippen molar-refractivity contribution in [2.45, 2.75) is 17.3 Å². The monoisotopic (exact) mass is 248 g/mol. The largest absolute Gasteiger partial charge is 0.325 e. The zero-order valence-electron chi connectivity index (χ0n) is 9.25. The van der Waals surface area contributed by atoms with Crippen LogP contribution in [0.3, 0.4) is 0 Å². The predicted molar refractivity (Wildman–Crippen MR) is 66.8 cm³/mol. The Morgan fingerprint density at radius 1 is 1.41 bits per heavy atom. The quantitative estimate of drug-likeness (QED) is 0.811. The van der Waals surface area contributed by atoms with Crippen LogP contribution in [0.4, 0.5) is 5.69 Å². The highest BCUT2D eigenvalue weighted by Crippen LogP contribution is 2.19. The van der Waals surface area contributed by atoms with Crippen LogP contribution in [0.2, 0.25) is 0 Å². The Labute approximate surface area is 103 Å². The topological polar surface area (TPSA) is 70.7 Å². The first-order valence-corrected chi connectivity index (χ1v) is 6.01. The van der Waals surface area contributed by atoms with Gasteiger partial charge in [-0.05, 0) is 19.1 Å². The molecule has 1 aromatic carbocycles. The molecule has 0 saturated carbocycles. The molecule has 0 aliphatic carbocycles. The molecule has 5 nitrogen and oxygen atoms in total. The molecule has 17 heavy (non-hydrogen) atoms. The minimum absolute atomic E-state index is 0.0578. The van der Waals surface area contributed by atoms with Crippen LogP contribution in [-0.2, 0) is 4.79 Å². The number of amides is 1. The summed E-state index contributed by atoms with van der Waals surface area (Å²) in [5.74, 6) is -0.0578. The maximum absolute atomic E-state index is 11.8. The van der Waals surface area contributed by atoms with E-state index in [-0.39, 0.29) is 11.2 Å². The molecular weight excluding hydrogens is 236 g/mol. The first kappa shape index (κ1) is 11.7. The Morgan fingerprint density at radius 2 is 2.18 bits per heavy atom. The number of aromatic amines is 1. The molecule has 6 heteroatoms. The Bertz CT molecular complexity index is 471. The number of benzene rings is 1. The van der Waals surface area contributed by atoms with Gasteiger partial charge in [0.05, 0.1) is 5.25 Å². The van der Waals surface area contributed by atoms with Crippen molar-refractivity contribution in [2.75, 3.05) is 5.32 Å². The second-order valence-corrected chi connectivity index (χ2v) is 4.74. The lowest BCUT2D eigenvalue weighted by molar-refractivity contribution is -0.115. The van der Waals surface area contributed by atoms with Crippen LogP contribution in [0.5, 0.6) is 0 Å². The fraction of sp³-hybridized carbons (Fsp3) is 0.182. The van der Waals surface area contributed by atoms with Gasteiger partial charge < -0.3 is 5.32 Å². The second kappa shape index (κ2) is 5.49. The molecule has 0 fully saturated rings. The lowest BCUT2D eigenvalue weighted by atomic mass is 10.3. The molecule has 0 unspecified atom stereocenters. The average Bonchev–Trinajstić information content (AvgIpc) is 2.83. The highest BCUT2D eigenvalue weighted by atomic mass is 32.2. The van der Waals surface area contributed by atoms with Gasteiger partial charge in [0, 0.05) is 5.69 Å². The third-order valence-corrected chi connectivity index (χ3v) is 3.08. The third-order valence-electron chi connectivity index (χ3n) is 2.09. The molecule has 88 valence electrons. The third kappa shape index (κ3) is 3.32. The zero-order valence-corrected chi connectivity index (χ0v) is 10.1. The van der Waals surface area contributed by atoms with E-state index in [4.69, 9.17) is 0 Å². The van der Waals surface area contributed by atoms with Gasteiger partial charge in [0.15, 0.2) is 5.16 Å². The molecule has 2 rings (SSSR count). The number of hydrogen-bond donors (Lipinski definition) is 2. The van der Waals surface area contributed by atoms with E-state index in [1.54, 1.807) is 0 Å². The normalized spacial score (nSPS) is 12.1. The summed E-state index contributed by atoms with van der Waals surface area (Å²) >= 11 is 1.34. The highest BCUT2D eigenvalue weighted by molar-refractivity contribution is 8.00.